The second-order valence-electron chi connectivity index (χ2n) is 4.71. The molecule has 5 nitrogen and oxygen atoms in total. The van der Waals surface area contributed by atoms with Crippen molar-refractivity contribution in [2.24, 2.45) is 0 Å². The normalized spacial score (nSPS) is 21.2. The number of hydrogen-bond acceptors (Lipinski definition) is 5. The molecule has 0 amide bonds. The van der Waals surface area contributed by atoms with E-state index in [0.717, 1.165) is 19.3 Å². The largest absolute Gasteiger partial charge is 0.490 e. The van der Waals surface area contributed by atoms with Crippen LogP contribution < -0.4 is 10.1 Å². The molecule has 106 valence electrons. The molecule has 1 aromatic heterocycles. The van der Waals surface area contributed by atoms with Gasteiger partial charge >= 0.3 is 0 Å². The lowest BCUT2D eigenvalue weighted by Crippen LogP contribution is -2.25. The average molecular weight is 284 g/mol. The van der Waals surface area contributed by atoms with E-state index in [2.05, 4.69) is 10.3 Å². The van der Waals surface area contributed by atoms with E-state index >= 15 is 0 Å². The first-order chi connectivity index (χ1) is 9.13. The molecule has 19 heavy (non-hydrogen) atoms. The molecule has 1 atom stereocenters. The van der Waals surface area contributed by atoms with Gasteiger partial charge < -0.3 is 10.1 Å². The summed E-state index contributed by atoms with van der Waals surface area (Å²) in [5.74, 6) is 1.61. The summed E-state index contributed by atoms with van der Waals surface area (Å²) in [5.41, 5.74) is 0. The van der Waals surface area contributed by atoms with Gasteiger partial charge in [-0.15, -0.1) is 0 Å². The molecule has 1 aromatic rings. The summed E-state index contributed by atoms with van der Waals surface area (Å²) in [6.07, 6.45) is 4.08. The number of nitrogens with one attached hydrogen (secondary N) is 1. The minimum absolute atomic E-state index is 0.298. The van der Waals surface area contributed by atoms with Crippen LogP contribution in [0.15, 0.2) is 18.3 Å². The number of ether oxygens (including phenoxy) is 1. The Kier molecular flexibility index (Phi) is 4.63. The Morgan fingerprint density at radius 3 is 3.05 bits per heavy atom. The van der Waals surface area contributed by atoms with E-state index in [0.29, 0.717) is 30.5 Å². The van der Waals surface area contributed by atoms with Crippen molar-refractivity contribution in [1.82, 2.24) is 4.98 Å². The van der Waals surface area contributed by atoms with Gasteiger partial charge in [-0.2, -0.15) is 0 Å². The third-order valence-electron chi connectivity index (χ3n) is 3.19. The molecule has 0 spiro atoms. The maximum atomic E-state index is 11.7. The summed E-state index contributed by atoms with van der Waals surface area (Å²) >= 11 is 0. The van der Waals surface area contributed by atoms with Crippen LogP contribution in [0, 0.1) is 0 Å². The zero-order chi connectivity index (χ0) is 13.7. The Morgan fingerprint density at radius 1 is 1.53 bits per heavy atom. The van der Waals surface area contributed by atoms with E-state index in [1.807, 2.05) is 19.1 Å². The van der Waals surface area contributed by atoms with Gasteiger partial charge in [0.05, 0.1) is 17.6 Å². The molecule has 0 aliphatic carbocycles. The van der Waals surface area contributed by atoms with Crippen LogP contribution in [-0.2, 0) is 9.84 Å². The zero-order valence-electron chi connectivity index (χ0n) is 11.1. The summed E-state index contributed by atoms with van der Waals surface area (Å²) in [6.45, 7) is 3.07. The third-order valence-corrected chi connectivity index (χ3v) is 5.47. The Bertz CT molecular complexity index is 516. The minimum atomic E-state index is -2.92. The van der Waals surface area contributed by atoms with Crippen LogP contribution in [0.1, 0.15) is 26.2 Å². The molecule has 1 aliphatic rings. The van der Waals surface area contributed by atoms with Crippen molar-refractivity contribution in [3.8, 4) is 5.75 Å². The van der Waals surface area contributed by atoms with Crippen LogP contribution in [0.2, 0.25) is 0 Å². The summed E-state index contributed by atoms with van der Waals surface area (Å²) in [6, 6.07) is 3.65. The van der Waals surface area contributed by atoms with E-state index < -0.39 is 9.84 Å². The van der Waals surface area contributed by atoms with Crippen LogP contribution in [-0.4, -0.2) is 37.6 Å². The highest BCUT2D eigenvalue weighted by molar-refractivity contribution is 7.92. The second kappa shape index (κ2) is 6.23. The maximum absolute atomic E-state index is 11.7. The number of pyridine rings is 1. The van der Waals surface area contributed by atoms with Crippen LogP contribution in [0.25, 0.3) is 0 Å². The van der Waals surface area contributed by atoms with E-state index in [-0.39, 0.29) is 5.25 Å². The van der Waals surface area contributed by atoms with Crippen molar-refractivity contribution in [2.75, 3.05) is 24.2 Å². The van der Waals surface area contributed by atoms with Crippen LogP contribution in [0.3, 0.4) is 0 Å². The fourth-order valence-corrected chi connectivity index (χ4v) is 3.92. The van der Waals surface area contributed by atoms with E-state index in [9.17, 15) is 8.42 Å². The summed E-state index contributed by atoms with van der Waals surface area (Å²) in [4.78, 5) is 4.21. The fraction of sp³-hybridized carbons (Fsp3) is 0.615. The number of aromatic nitrogens is 1. The van der Waals surface area contributed by atoms with Crippen LogP contribution >= 0.6 is 0 Å². The summed E-state index contributed by atoms with van der Waals surface area (Å²) < 4.78 is 29.1. The number of nitrogens with zero attached hydrogens (tertiary/aromatic N) is 1. The van der Waals surface area contributed by atoms with E-state index in [4.69, 9.17) is 4.74 Å². The Balaban J connectivity index is 1.99. The number of hydrogen-bond donors (Lipinski definition) is 1. The van der Waals surface area contributed by atoms with Crippen molar-refractivity contribution in [2.45, 2.75) is 31.4 Å². The highest BCUT2D eigenvalue weighted by Gasteiger charge is 2.31. The van der Waals surface area contributed by atoms with Gasteiger partial charge in [0, 0.05) is 12.7 Å². The first-order valence-corrected chi connectivity index (χ1v) is 8.38. The SMILES string of the molecule is CCCOc1cccnc1NCC1CCCS1(=O)=O. The minimum Gasteiger partial charge on any atom is -0.490 e. The van der Waals surface area contributed by atoms with E-state index in [1.165, 1.54) is 0 Å². The quantitative estimate of drug-likeness (QED) is 0.863. The van der Waals surface area contributed by atoms with E-state index in [1.54, 1.807) is 6.20 Å². The van der Waals surface area contributed by atoms with Crippen molar-refractivity contribution >= 4 is 15.7 Å². The predicted molar refractivity (Wildman–Crippen MR) is 75.3 cm³/mol. The van der Waals surface area contributed by atoms with Gasteiger partial charge in [-0.05, 0) is 31.4 Å². The molecule has 1 N–H and O–H groups in total. The molecular weight excluding hydrogens is 264 g/mol. The molecule has 1 fully saturated rings. The monoisotopic (exact) mass is 284 g/mol. The molecule has 1 saturated heterocycles. The van der Waals surface area contributed by atoms with Crippen molar-refractivity contribution in [1.29, 1.82) is 0 Å². The lowest BCUT2D eigenvalue weighted by Gasteiger charge is -2.14. The molecule has 2 rings (SSSR count). The summed E-state index contributed by atoms with van der Waals surface area (Å²) in [5, 5.41) is 2.81. The smallest absolute Gasteiger partial charge is 0.168 e. The second-order valence-corrected chi connectivity index (χ2v) is 7.11. The first-order valence-electron chi connectivity index (χ1n) is 6.66. The van der Waals surface area contributed by atoms with Crippen LogP contribution in [0.5, 0.6) is 5.75 Å². The zero-order valence-corrected chi connectivity index (χ0v) is 11.9. The molecule has 0 radical (unpaired) electrons. The van der Waals surface area contributed by atoms with Gasteiger partial charge in [-0.3, -0.25) is 0 Å². The van der Waals surface area contributed by atoms with Gasteiger partial charge in [0.25, 0.3) is 0 Å². The third kappa shape index (κ3) is 3.59. The molecule has 2 heterocycles. The Hall–Kier alpha value is -1.30. The molecule has 1 aliphatic heterocycles. The van der Waals surface area contributed by atoms with Gasteiger partial charge in [0.15, 0.2) is 21.4 Å². The van der Waals surface area contributed by atoms with Gasteiger partial charge in [0.2, 0.25) is 0 Å². The Labute approximate surface area is 114 Å². The highest BCUT2D eigenvalue weighted by atomic mass is 32.2. The van der Waals surface area contributed by atoms with Crippen molar-refractivity contribution < 1.29 is 13.2 Å². The molecular formula is C13H20N2O3S. The average Bonchev–Trinajstić information content (AvgIpc) is 2.74. The number of sulfone groups is 1. The predicted octanol–water partition coefficient (Wildman–Crippen LogP) is 1.86. The number of rotatable bonds is 6. The summed E-state index contributed by atoms with van der Waals surface area (Å²) in [7, 11) is -2.92. The standard InChI is InChI=1S/C13H20N2O3S/c1-2-8-18-12-6-3-7-14-13(12)15-10-11-5-4-9-19(11,16)17/h3,6-7,11H,2,4-5,8-10H2,1H3,(H,14,15). The number of anilines is 1. The van der Waals surface area contributed by atoms with Crippen LogP contribution in [0.4, 0.5) is 5.82 Å². The van der Waals surface area contributed by atoms with Crippen molar-refractivity contribution in [3.63, 3.8) is 0 Å². The maximum Gasteiger partial charge on any atom is 0.168 e. The lowest BCUT2D eigenvalue weighted by molar-refractivity contribution is 0.318. The van der Waals surface area contributed by atoms with Gasteiger partial charge in [0.1, 0.15) is 0 Å². The molecule has 1 unspecified atom stereocenters. The van der Waals surface area contributed by atoms with Crippen molar-refractivity contribution in [3.05, 3.63) is 18.3 Å². The fourth-order valence-electron chi connectivity index (χ4n) is 2.15. The molecule has 0 aromatic carbocycles. The van der Waals surface area contributed by atoms with Gasteiger partial charge in [-0.25, -0.2) is 13.4 Å². The highest BCUT2D eigenvalue weighted by Crippen LogP contribution is 2.24. The van der Waals surface area contributed by atoms with Gasteiger partial charge in [-0.1, -0.05) is 6.92 Å². The Morgan fingerprint density at radius 2 is 2.37 bits per heavy atom. The lowest BCUT2D eigenvalue weighted by atomic mass is 10.2. The molecule has 6 heteroatoms. The topological polar surface area (TPSA) is 68.3 Å². The molecule has 0 bridgehead atoms. The molecule has 0 saturated carbocycles. The first kappa shape index (κ1) is 14.1.